The molecule has 2 heterocycles. The molecule has 5 heteroatoms. The molecule has 0 N–H and O–H groups in total. The van der Waals surface area contributed by atoms with Gasteiger partial charge in [0.15, 0.2) is 0 Å². The molecular weight excluding hydrogens is 350 g/mol. The van der Waals surface area contributed by atoms with E-state index in [0.717, 1.165) is 12.0 Å². The number of aryl methyl sites for hydroxylation is 2. The fourth-order valence-electron chi connectivity index (χ4n) is 3.44. The van der Waals surface area contributed by atoms with E-state index in [-0.39, 0.29) is 5.56 Å². The first-order chi connectivity index (χ1) is 13.7. The molecule has 0 amide bonds. The number of ether oxygens (including phenoxy) is 1. The molecule has 2 aromatic carbocycles. The first-order valence-corrected chi connectivity index (χ1v) is 9.22. The van der Waals surface area contributed by atoms with Crippen molar-refractivity contribution in [3.8, 4) is 17.1 Å². The lowest BCUT2D eigenvalue weighted by Gasteiger charge is -2.16. The third-order valence-corrected chi connectivity index (χ3v) is 4.87. The van der Waals surface area contributed by atoms with Gasteiger partial charge in [0.2, 0.25) is 0 Å². The van der Waals surface area contributed by atoms with Crippen molar-refractivity contribution in [1.82, 2.24) is 14.5 Å². The maximum atomic E-state index is 13.4. The van der Waals surface area contributed by atoms with Crippen LogP contribution in [0.5, 0.6) is 5.75 Å². The molecule has 4 rings (SSSR count). The molecule has 0 radical (unpaired) electrons. The van der Waals surface area contributed by atoms with Crippen molar-refractivity contribution in [3.05, 3.63) is 88.5 Å². The topological polar surface area (TPSA) is 57.0 Å². The Morgan fingerprint density at radius 1 is 1.00 bits per heavy atom. The first-order valence-electron chi connectivity index (χ1n) is 9.22. The first kappa shape index (κ1) is 17.9. The van der Waals surface area contributed by atoms with Crippen LogP contribution in [0, 0.1) is 6.92 Å². The molecule has 0 unspecified atom stereocenters. The van der Waals surface area contributed by atoms with Gasteiger partial charge in [-0.3, -0.25) is 14.3 Å². The Morgan fingerprint density at radius 3 is 2.54 bits per heavy atom. The lowest BCUT2D eigenvalue weighted by molar-refractivity contribution is 0.415. The third-order valence-electron chi connectivity index (χ3n) is 4.87. The zero-order valence-corrected chi connectivity index (χ0v) is 15.9. The van der Waals surface area contributed by atoms with Gasteiger partial charge in [-0.05, 0) is 37.1 Å². The minimum Gasteiger partial charge on any atom is -0.496 e. The van der Waals surface area contributed by atoms with Crippen molar-refractivity contribution in [2.45, 2.75) is 19.9 Å². The van der Waals surface area contributed by atoms with Gasteiger partial charge in [-0.25, -0.2) is 4.98 Å². The van der Waals surface area contributed by atoms with Gasteiger partial charge in [0.05, 0.1) is 29.3 Å². The van der Waals surface area contributed by atoms with Crippen molar-refractivity contribution < 1.29 is 4.74 Å². The average Bonchev–Trinajstić information content (AvgIpc) is 2.73. The second-order valence-corrected chi connectivity index (χ2v) is 6.62. The zero-order chi connectivity index (χ0) is 19.5. The van der Waals surface area contributed by atoms with E-state index in [4.69, 9.17) is 9.72 Å². The van der Waals surface area contributed by atoms with Gasteiger partial charge in [0.25, 0.3) is 5.56 Å². The number of fused-ring (bicyclic) bond motifs is 1. The van der Waals surface area contributed by atoms with E-state index in [1.807, 2.05) is 49.4 Å². The number of methoxy groups -OCH3 is 1. The Morgan fingerprint density at radius 2 is 1.75 bits per heavy atom. The van der Waals surface area contributed by atoms with Crippen LogP contribution >= 0.6 is 0 Å². The molecule has 4 aromatic rings. The van der Waals surface area contributed by atoms with Crippen LogP contribution in [-0.4, -0.2) is 21.6 Å². The van der Waals surface area contributed by atoms with Crippen LogP contribution in [0.15, 0.2) is 71.7 Å². The van der Waals surface area contributed by atoms with Crippen molar-refractivity contribution in [2.24, 2.45) is 0 Å². The van der Waals surface area contributed by atoms with Crippen molar-refractivity contribution in [2.75, 3.05) is 7.11 Å². The van der Waals surface area contributed by atoms with Gasteiger partial charge in [-0.15, -0.1) is 0 Å². The maximum Gasteiger partial charge on any atom is 0.263 e. The molecule has 5 nitrogen and oxygen atoms in total. The quantitative estimate of drug-likeness (QED) is 0.532. The minimum atomic E-state index is -0.0764. The molecule has 28 heavy (non-hydrogen) atoms. The van der Waals surface area contributed by atoms with Crippen LogP contribution in [0.25, 0.3) is 22.3 Å². The predicted molar refractivity (Wildman–Crippen MR) is 111 cm³/mol. The number of rotatable bonds is 5. The summed E-state index contributed by atoms with van der Waals surface area (Å²) in [4.78, 5) is 22.5. The SMILES string of the molecule is COc1ccccc1-c1nc2ccnc(C)c2c(=O)n1CCc1ccccc1. The molecule has 0 aliphatic heterocycles. The van der Waals surface area contributed by atoms with Crippen LogP contribution in [0.3, 0.4) is 0 Å². The summed E-state index contributed by atoms with van der Waals surface area (Å²) < 4.78 is 7.26. The Bertz CT molecular complexity index is 1180. The van der Waals surface area contributed by atoms with Gasteiger partial charge >= 0.3 is 0 Å². The highest BCUT2D eigenvalue weighted by Gasteiger charge is 2.17. The van der Waals surface area contributed by atoms with Crippen molar-refractivity contribution in [3.63, 3.8) is 0 Å². The third kappa shape index (κ3) is 3.27. The summed E-state index contributed by atoms with van der Waals surface area (Å²) in [6.07, 6.45) is 2.42. The highest BCUT2D eigenvalue weighted by molar-refractivity contribution is 5.82. The number of nitrogens with zero attached hydrogens (tertiary/aromatic N) is 3. The maximum absolute atomic E-state index is 13.4. The number of hydrogen-bond acceptors (Lipinski definition) is 4. The monoisotopic (exact) mass is 371 g/mol. The van der Waals surface area contributed by atoms with Crippen molar-refractivity contribution in [1.29, 1.82) is 0 Å². The molecule has 140 valence electrons. The molecule has 0 saturated carbocycles. The molecular formula is C23H21N3O2. The molecule has 0 saturated heterocycles. The van der Waals surface area contributed by atoms with Crippen molar-refractivity contribution >= 4 is 10.9 Å². The standard InChI is InChI=1S/C23H21N3O2/c1-16-21-19(12-14-24-16)25-22(18-10-6-7-11-20(18)28-2)26(23(21)27)15-13-17-8-4-3-5-9-17/h3-12,14H,13,15H2,1-2H3. The minimum absolute atomic E-state index is 0.0764. The summed E-state index contributed by atoms with van der Waals surface area (Å²) in [7, 11) is 1.63. The van der Waals surface area contributed by atoms with Gasteiger partial charge in [-0.2, -0.15) is 0 Å². The van der Waals surface area contributed by atoms with E-state index in [2.05, 4.69) is 17.1 Å². The average molecular weight is 371 g/mol. The normalized spacial score (nSPS) is 10.9. The summed E-state index contributed by atoms with van der Waals surface area (Å²) >= 11 is 0. The summed E-state index contributed by atoms with van der Waals surface area (Å²) in [6.45, 7) is 2.36. The number of hydrogen-bond donors (Lipinski definition) is 0. The van der Waals surface area contributed by atoms with Gasteiger partial charge < -0.3 is 4.74 Å². The van der Waals surface area contributed by atoms with Gasteiger partial charge in [0.1, 0.15) is 11.6 Å². The van der Waals surface area contributed by atoms with Crippen LogP contribution in [0.1, 0.15) is 11.3 Å². The highest BCUT2D eigenvalue weighted by Crippen LogP contribution is 2.29. The second kappa shape index (κ2) is 7.64. The Balaban J connectivity index is 1.93. The smallest absolute Gasteiger partial charge is 0.263 e. The van der Waals surface area contributed by atoms with E-state index < -0.39 is 0 Å². The Kier molecular flexibility index (Phi) is 4.89. The Labute approximate surface area is 163 Å². The molecule has 0 fully saturated rings. The predicted octanol–water partition coefficient (Wildman–Crippen LogP) is 4.02. The largest absolute Gasteiger partial charge is 0.496 e. The van der Waals surface area contributed by atoms with Gasteiger partial charge in [-0.1, -0.05) is 42.5 Å². The fraction of sp³-hybridized carbons (Fsp3) is 0.174. The summed E-state index contributed by atoms with van der Waals surface area (Å²) in [5.74, 6) is 1.30. The number of para-hydroxylation sites is 1. The summed E-state index contributed by atoms with van der Waals surface area (Å²) in [5, 5.41) is 0.564. The molecule has 0 aliphatic carbocycles. The zero-order valence-electron chi connectivity index (χ0n) is 15.9. The van der Waals surface area contributed by atoms with E-state index >= 15 is 0 Å². The molecule has 0 aliphatic rings. The van der Waals surface area contributed by atoms with Crippen LogP contribution in [-0.2, 0) is 13.0 Å². The number of pyridine rings is 1. The van der Waals surface area contributed by atoms with E-state index in [0.29, 0.717) is 34.7 Å². The van der Waals surface area contributed by atoms with Crippen LogP contribution in [0.4, 0.5) is 0 Å². The summed E-state index contributed by atoms with van der Waals surface area (Å²) in [6, 6.07) is 19.6. The second-order valence-electron chi connectivity index (χ2n) is 6.62. The van der Waals surface area contributed by atoms with Crippen LogP contribution < -0.4 is 10.3 Å². The molecule has 0 spiro atoms. The lowest BCUT2D eigenvalue weighted by atomic mass is 10.1. The van der Waals surface area contributed by atoms with Gasteiger partial charge in [0, 0.05) is 12.7 Å². The molecule has 2 aromatic heterocycles. The molecule has 0 bridgehead atoms. The lowest BCUT2D eigenvalue weighted by Crippen LogP contribution is -2.25. The summed E-state index contributed by atoms with van der Waals surface area (Å²) in [5.41, 5.74) is 3.23. The van der Waals surface area contributed by atoms with Crippen LogP contribution in [0.2, 0.25) is 0 Å². The Hall–Kier alpha value is -3.47. The molecule has 0 atom stereocenters. The number of benzene rings is 2. The van der Waals surface area contributed by atoms with E-state index in [1.54, 1.807) is 23.9 Å². The van der Waals surface area contributed by atoms with E-state index in [9.17, 15) is 4.79 Å². The highest BCUT2D eigenvalue weighted by atomic mass is 16.5. The van der Waals surface area contributed by atoms with E-state index in [1.165, 1.54) is 5.56 Å². The fourth-order valence-corrected chi connectivity index (χ4v) is 3.44. The number of aromatic nitrogens is 3.